The molecule has 192 valence electrons. The van der Waals surface area contributed by atoms with Crippen molar-refractivity contribution in [2.45, 2.75) is 32.5 Å². The number of hydrogen-bond donors (Lipinski definition) is 1. The van der Waals surface area contributed by atoms with E-state index in [-0.39, 0.29) is 18.6 Å². The fraction of sp³-hybridized carbons (Fsp3) is 0.423. The van der Waals surface area contributed by atoms with Crippen molar-refractivity contribution in [3.8, 4) is 23.0 Å². The van der Waals surface area contributed by atoms with Gasteiger partial charge in [0.2, 0.25) is 0 Å². The van der Waals surface area contributed by atoms with E-state index in [0.717, 1.165) is 48.2 Å². The molecule has 0 saturated carbocycles. The van der Waals surface area contributed by atoms with Gasteiger partial charge in [-0.25, -0.2) is 0 Å². The molecule has 0 unspecified atom stereocenters. The van der Waals surface area contributed by atoms with Gasteiger partial charge in [0.25, 0.3) is 5.91 Å². The van der Waals surface area contributed by atoms with Gasteiger partial charge >= 0.3 is 0 Å². The van der Waals surface area contributed by atoms with Crippen LogP contribution < -0.4 is 24.3 Å². The van der Waals surface area contributed by atoms with Crippen molar-refractivity contribution in [2.75, 3.05) is 41.0 Å². The van der Waals surface area contributed by atoms with Crippen molar-refractivity contribution in [3.05, 3.63) is 59.7 Å². The van der Waals surface area contributed by atoms with Gasteiger partial charge in [-0.1, -0.05) is 18.2 Å². The quantitative estimate of drug-likeness (QED) is 0.458. The monoisotopic (exact) mass is 495 g/mol. The highest BCUT2D eigenvalue weighted by atomic mass is 16.5. The normalized spacial score (nSPS) is 14.3. The number of aromatic nitrogens is 3. The van der Waals surface area contributed by atoms with Crippen LogP contribution in [0, 0.1) is 0 Å². The van der Waals surface area contributed by atoms with Gasteiger partial charge in [-0.05, 0) is 19.1 Å². The van der Waals surface area contributed by atoms with Gasteiger partial charge in [0, 0.05) is 44.7 Å². The third-order valence-electron chi connectivity index (χ3n) is 6.22. The number of nitrogens with one attached hydrogen (secondary N) is 1. The largest absolute Gasteiger partial charge is 0.496 e. The van der Waals surface area contributed by atoms with Crippen LogP contribution in [0.15, 0.2) is 42.5 Å². The molecule has 10 heteroatoms. The second-order valence-electron chi connectivity index (χ2n) is 8.55. The molecule has 0 fully saturated rings. The summed E-state index contributed by atoms with van der Waals surface area (Å²) in [5.41, 5.74) is 0.970. The van der Waals surface area contributed by atoms with E-state index >= 15 is 0 Å². The molecule has 3 aromatic rings. The van der Waals surface area contributed by atoms with Gasteiger partial charge in [-0.2, -0.15) is 0 Å². The zero-order valence-corrected chi connectivity index (χ0v) is 21.2. The Kier molecular flexibility index (Phi) is 8.27. The topological polar surface area (TPSA) is 100.0 Å². The first kappa shape index (κ1) is 25.3. The van der Waals surface area contributed by atoms with E-state index in [4.69, 9.17) is 18.9 Å². The van der Waals surface area contributed by atoms with Crippen molar-refractivity contribution in [1.82, 2.24) is 25.0 Å². The molecule has 0 bridgehead atoms. The van der Waals surface area contributed by atoms with Crippen LogP contribution in [0.2, 0.25) is 0 Å². The minimum atomic E-state index is -0.300. The molecule has 2 heterocycles. The Bertz CT molecular complexity index is 1140. The maximum atomic E-state index is 12.4. The number of methoxy groups -OCH3 is 3. The Morgan fingerprint density at radius 1 is 0.972 bits per heavy atom. The summed E-state index contributed by atoms with van der Waals surface area (Å²) in [6.07, 6.45) is 0.742. The van der Waals surface area contributed by atoms with Crippen LogP contribution in [-0.4, -0.2) is 66.6 Å². The molecule has 4 rings (SSSR count). The van der Waals surface area contributed by atoms with Gasteiger partial charge in [0.1, 0.15) is 28.8 Å². The van der Waals surface area contributed by atoms with E-state index in [0.29, 0.717) is 24.6 Å². The first-order chi connectivity index (χ1) is 17.5. The van der Waals surface area contributed by atoms with Gasteiger partial charge in [-0.15, -0.1) is 10.2 Å². The summed E-state index contributed by atoms with van der Waals surface area (Å²) in [6, 6.07) is 12.7. The lowest BCUT2D eigenvalue weighted by atomic mass is 10.1. The minimum absolute atomic E-state index is 0.0609. The molecule has 0 aliphatic carbocycles. The first-order valence-electron chi connectivity index (χ1n) is 11.9. The predicted molar refractivity (Wildman–Crippen MR) is 134 cm³/mol. The number of rotatable bonds is 10. The summed E-state index contributed by atoms with van der Waals surface area (Å²) >= 11 is 0. The maximum Gasteiger partial charge on any atom is 0.258 e. The number of carbonyl (C=O) groups is 1. The third kappa shape index (κ3) is 5.88. The van der Waals surface area contributed by atoms with Crippen LogP contribution in [0.1, 0.15) is 30.2 Å². The summed E-state index contributed by atoms with van der Waals surface area (Å²) in [5, 5.41) is 11.8. The molecule has 0 spiro atoms. The molecule has 10 nitrogen and oxygen atoms in total. The molecular weight excluding hydrogens is 462 g/mol. The molecular formula is C26H33N5O5. The minimum Gasteiger partial charge on any atom is -0.496 e. The maximum absolute atomic E-state index is 12.4. The highest BCUT2D eigenvalue weighted by Gasteiger charge is 2.24. The van der Waals surface area contributed by atoms with E-state index < -0.39 is 0 Å². The second-order valence-corrected chi connectivity index (χ2v) is 8.55. The van der Waals surface area contributed by atoms with Crippen molar-refractivity contribution in [3.63, 3.8) is 0 Å². The number of benzene rings is 2. The Hall–Kier alpha value is -3.79. The number of para-hydroxylation sites is 1. The summed E-state index contributed by atoms with van der Waals surface area (Å²) in [7, 11) is 4.91. The number of carbonyl (C=O) groups excluding carboxylic acids is 1. The zero-order chi connectivity index (χ0) is 25.5. The average molecular weight is 496 g/mol. The number of amides is 1. The summed E-state index contributed by atoms with van der Waals surface area (Å²) in [6.45, 7) is 4.81. The van der Waals surface area contributed by atoms with Crippen LogP contribution in [0.25, 0.3) is 0 Å². The molecule has 1 aliphatic rings. The highest BCUT2D eigenvalue weighted by Crippen LogP contribution is 2.35. The van der Waals surface area contributed by atoms with E-state index in [1.165, 1.54) is 0 Å². The molecule has 1 amide bonds. The Morgan fingerprint density at radius 2 is 1.69 bits per heavy atom. The van der Waals surface area contributed by atoms with E-state index in [1.54, 1.807) is 21.3 Å². The van der Waals surface area contributed by atoms with E-state index in [1.807, 2.05) is 49.4 Å². The Morgan fingerprint density at radius 3 is 2.36 bits per heavy atom. The van der Waals surface area contributed by atoms with Crippen molar-refractivity contribution in [1.29, 1.82) is 0 Å². The van der Waals surface area contributed by atoms with Gasteiger partial charge in [-0.3, -0.25) is 9.69 Å². The second kappa shape index (κ2) is 11.8. The molecule has 1 atom stereocenters. The Labute approximate surface area is 211 Å². The summed E-state index contributed by atoms with van der Waals surface area (Å²) in [5.74, 6) is 4.22. The molecule has 36 heavy (non-hydrogen) atoms. The number of ether oxygens (including phenoxy) is 4. The van der Waals surface area contributed by atoms with Crippen LogP contribution in [0.5, 0.6) is 23.0 Å². The first-order valence-corrected chi connectivity index (χ1v) is 11.9. The Balaban J connectivity index is 1.39. The van der Waals surface area contributed by atoms with Crippen LogP contribution in [-0.2, 0) is 24.3 Å². The van der Waals surface area contributed by atoms with Crippen molar-refractivity contribution in [2.24, 2.45) is 0 Å². The number of nitrogens with zero attached hydrogens (tertiary/aromatic N) is 4. The molecule has 0 saturated heterocycles. The SMILES string of the molecule is COc1cc(OC)c(CN2CCc3nnc([C@@H](C)NC(=O)COc4ccccc4)n3CC2)c(OC)c1. The lowest BCUT2D eigenvalue weighted by Gasteiger charge is -2.23. The number of hydrogen-bond acceptors (Lipinski definition) is 8. The lowest BCUT2D eigenvalue weighted by molar-refractivity contribution is -0.123. The average Bonchev–Trinajstić information content (AvgIpc) is 3.21. The van der Waals surface area contributed by atoms with Crippen LogP contribution in [0.3, 0.4) is 0 Å². The smallest absolute Gasteiger partial charge is 0.258 e. The molecule has 2 aromatic carbocycles. The van der Waals surface area contributed by atoms with Crippen LogP contribution >= 0.6 is 0 Å². The van der Waals surface area contributed by atoms with Gasteiger partial charge in [0.05, 0.1) is 32.9 Å². The molecule has 1 N–H and O–H groups in total. The lowest BCUT2D eigenvalue weighted by Crippen LogP contribution is -2.33. The molecule has 1 aromatic heterocycles. The van der Waals surface area contributed by atoms with Gasteiger partial charge < -0.3 is 28.8 Å². The fourth-order valence-electron chi connectivity index (χ4n) is 4.34. The summed E-state index contributed by atoms with van der Waals surface area (Å²) < 4.78 is 24.3. The van der Waals surface area contributed by atoms with Crippen LogP contribution in [0.4, 0.5) is 0 Å². The van der Waals surface area contributed by atoms with Crippen molar-refractivity contribution < 1.29 is 23.7 Å². The summed E-state index contributed by atoms with van der Waals surface area (Å²) in [4.78, 5) is 14.8. The number of fused-ring (bicyclic) bond motifs is 1. The zero-order valence-electron chi connectivity index (χ0n) is 21.2. The fourth-order valence-corrected chi connectivity index (χ4v) is 4.34. The van der Waals surface area contributed by atoms with Gasteiger partial charge in [0.15, 0.2) is 12.4 Å². The predicted octanol–water partition coefficient (Wildman–Crippen LogP) is 2.62. The van der Waals surface area contributed by atoms with Crippen molar-refractivity contribution >= 4 is 5.91 Å². The van der Waals surface area contributed by atoms with E-state index in [2.05, 4.69) is 25.0 Å². The van der Waals surface area contributed by atoms with E-state index in [9.17, 15) is 4.79 Å². The molecule has 0 radical (unpaired) electrons. The standard InChI is InChI=1S/C26H33N5O5/c1-18(27-25(32)17-36-19-8-6-5-7-9-19)26-29-28-24-10-11-30(12-13-31(24)26)16-21-22(34-3)14-20(33-2)15-23(21)35-4/h5-9,14-15,18H,10-13,16-17H2,1-4H3,(H,27,32)/t18-/m1/s1. The highest BCUT2D eigenvalue weighted by molar-refractivity contribution is 5.77. The third-order valence-corrected chi connectivity index (χ3v) is 6.22. The molecule has 1 aliphatic heterocycles.